The summed E-state index contributed by atoms with van der Waals surface area (Å²) in [4.78, 5) is 11.7. The number of rotatable bonds is 7. The molecule has 2 aromatic heterocycles. The Hall–Kier alpha value is -2.59. The molecule has 1 aromatic carbocycles. The Kier molecular flexibility index (Phi) is 7.39. The van der Waals surface area contributed by atoms with Crippen molar-refractivity contribution in [3.05, 3.63) is 54.0 Å². The smallest absolute Gasteiger partial charge is 0.192 e. The summed E-state index contributed by atoms with van der Waals surface area (Å²) in [5.74, 6) is 1.68. The second-order valence-electron chi connectivity index (χ2n) is 11.3. The van der Waals surface area contributed by atoms with Gasteiger partial charge in [-0.3, -0.25) is 0 Å². The van der Waals surface area contributed by atoms with Crippen LogP contribution in [0.4, 0.5) is 5.82 Å². The highest BCUT2D eigenvalue weighted by molar-refractivity contribution is 6.74. The largest absolute Gasteiger partial charge is 0.413 e. The van der Waals surface area contributed by atoms with E-state index in [-0.39, 0.29) is 11.6 Å². The number of benzene rings is 1. The van der Waals surface area contributed by atoms with Crippen LogP contribution in [-0.2, 0) is 14.8 Å². The average Bonchev–Trinajstić information content (AvgIpc) is 3.33. The molecule has 1 aliphatic heterocycles. The summed E-state index contributed by atoms with van der Waals surface area (Å²) < 4.78 is 13.7. The quantitative estimate of drug-likeness (QED) is 0.462. The van der Waals surface area contributed by atoms with Crippen molar-refractivity contribution in [3.8, 4) is 17.1 Å². The van der Waals surface area contributed by atoms with E-state index in [2.05, 4.69) is 57.8 Å². The van der Waals surface area contributed by atoms with Crippen LogP contribution in [0.1, 0.15) is 39.1 Å². The normalized spacial score (nSPS) is 16.7. The molecule has 9 heteroatoms. The molecule has 0 unspecified atom stereocenters. The molecule has 36 heavy (non-hydrogen) atoms. The third-order valence-electron chi connectivity index (χ3n) is 7.17. The maximum atomic E-state index is 11.5. The Morgan fingerprint density at radius 2 is 1.72 bits per heavy atom. The van der Waals surface area contributed by atoms with Crippen molar-refractivity contribution in [2.45, 2.75) is 58.4 Å². The Labute approximate surface area is 215 Å². The van der Waals surface area contributed by atoms with Crippen LogP contribution in [0.25, 0.3) is 17.1 Å². The molecular weight excluding hydrogens is 470 g/mol. The summed E-state index contributed by atoms with van der Waals surface area (Å²) in [5.41, 5.74) is 1.73. The standard InChI is InChI=1S/C27H39N5O3Si/c1-20-9-8-10-21(17-20)22-11-12-32(30-22)24-18-23(31-13-15-34-16-14-31)28-25(29-24)27(5,33)19-35-36(6,7)26(2,3)4/h8-12,17-18,33H,13-16,19H2,1-7H3/t27-/m1/s1. The maximum Gasteiger partial charge on any atom is 0.192 e. The number of hydrogen-bond donors (Lipinski definition) is 1. The molecule has 0 radical (unpaired) electrons. The monoisotopic (exact) mass is 509 g/mol. The Bertz CT molecular complexity index is 1200. The number of aromatic nitrogens is 4. The second-order valence-corrected chi connectivity index (χ2v) is 16.2. The first-order valence-electron chi connectivity index (χ1n) is 12.6. The minimum Gasteiger partial charge on any atom is -0.413 e. The first kappa shape index (κ1) is 26.5. The van der Waals surface area contributed by atoms with E-state index in [0.717, 1.165) is 30.2 Å². The van der Waals surface area contributed by atoms with E-state index in [1.165, 1.54) is 5.56 Å². The van der Waals surface area contributed by atoms with Crippen LogP contribution in [0.15, 0.2) is 42.6 Å². The molecular formula is C27H39N5O3Si. The highest BCUT2D eigenvalue weighted by atomic mass is 28.4. The van der Waals surface area contributed by atoms with Crippen molar-refractivity contribution >= 4 is 14.1 Å². The number of aliphatic hydroxyl groups is 1. The van der Waals surface area contributed by atoms with E-state index in [1.807, 2.05) is 30.5 Å². The molecule has 3 heterocycles. The van der Waals surface area contributed by atoms with E-state index in [9.17, 15) is 5.11 Å². The summed E-state index contributed by atoms with van der Waals surface area (Å²) in [6, 6.07) is 12.2. The van der Waals surface area contributed by atoms with Gasteiger partial charge in [0.15, 0.2) is 20.0 Å². The fraction of sp³-hybridized carbons (Fsp3) is 0.519. The number of anilines is 1. The Balaban J connectivity index is 1.70. The van der Waals surface area contributed by atoms with Crippen molar-refractivity contribution in [2.75, 3.05) is 37.8 Å². The van der Waals surface area contributed by atoms with Crippen LogP contribution in [0.3, 0.4) is 0 Å². The zero-order valence-electron chi connectivity index (χ0n) is 22.6. The average molecular weight is 510 g/mol. The Morgan fingerprint density at radius 1 is 1.03 bits per heavy atom. The van der Waals surface area contributed by atoms with Gasteiger partial charge in [-0.1, -0.05) is 44.5 Å². The third-order valence-corrected chi connectivity index (χ3v) is 11.7. The Morgan fingerprint density at radius 3 is 2.39 bits per heavy atom. The second kappa shape index (κ2) is 10.0. The summed E-state index contributed by atoms with van der Waals surface area (Å²) in [6.07, 6.45) is 1.90. The van der Waals surface area contributed by atoms with Gasteiger partial charge in [0, 0.05) is 30.9 Å². The van der Waals surface area contributed by atoms with Crippen molar-refractivity contribution in [1.82, 2.24) is 19.7 Å². The molecule has 1 N–H and O–H groups in total. The van der Waals surface area contributed by atoms with Gasteiger partial charge in [0.2, 0.25) is 0 Å². The number of ether oxygens (including phenoxy) is 1. The molecule has 1 saturated heterocycles. The molecule has 4 rings (SSSR count). The lowest BCUT2D eigenvalue weighted by atomic mass is 10.1. The van der Waals surface area contributed by atoms with Crippen molar-refractivity contribution in [1.29, 1.82) is 0 Å². The predicted octanol–water partition coefficient (Wildman–Crippen LogP) is 4.70. The van der Waals surface area contributed by atoms with Gasteiger partial charge in [0.05, 0.1) is 25.5 Å². The molecule has 0 aliphatic carbocycles. The predicted molar refractivity (Wildman–Crippen MR) is 145 cm³/mol. The zero-order valence-corrected chi connectivity index (χ0v) is 23.6. The van der Waals surface area contributed by atoms with Crippen molar-refractivity contribution < 1.29 is 14.3 Å². The zero-order chi connectivity index (χ0) is 26.1. The SMILES string of the molecule is Cc1cccc(-c2ccn(-c3cc(N4CCOCC4)nc([C@](C)(O)CO[Si](C)(C)C(C)(C)C)n3)n2)c1. The minimum atomic E-state index is -2.07. The lowest BCUT2D eigenvalue weighted by Gasteiger charge is -2.38. The summed E-state index contributed by atoms with van der Waals surface area (Å²) in [6.45, 7) is 17.6. The first-order chi connectivity index (χ1) is 16.9. The van der Waals surface area contributed by atoms with Crippen LogP contribution in [0.2, 0.25) is 18.1 Å². The molecule has 0 spiro atoms. The molecule has 1 atom stereocenters. The van der Waals surface area contributed by atoms with E-state index in [1.54, 1.807) is 11.6 Å². The first-order valence-corrected chi connectivity index (χ1v) is 15.5. The minimum absolute atomic E-state index is 0.0337. The fourth-order valence-corrected chi connectivity index (χ4v) is 4.82. The topological polar surface area (TPSA) is 85.5 Å². The highest BCUT2D eigenvalue weighted by Crippen LogP contribution is 2.37. The van der Waals surface area contributed by atoms with Crippen LogP contribution < -0.4 is 4.90 Å². The summed E-state index contributed by atoms with van der Waals surface area (Å²) in [5, 5.41) is 16.4. The van der Waals surface area contributed by atoms with Crippen LogP contribution in [0.5, 0.6) is 0 Å². The van der Waals surface area contributed by atoms with E-state index >= 15 is 0 Å². The molecule has 1 fully saturated rings. The van der Waals surface area contributed by atoms with Crippen LogP contribution >= 0.6 is 0 Å². The maximum absolute atomic E-state index is 11.5. The van der Waals surface area contributed by atoms with Gasteiger partial charge in [-0.05, 0) is 44.1 Å². The van der Waals surface area contributed by atoms with E-state index < -0.39 is 13.9 Å². The number of aryl methyl sites for hydroxylation is 1. The van der Waals surface area contributed by atoms with Gasteiger partial charge >= 0.3 is 0 Å². The van der Waals surface area contributed by atoms with E-state index in [0.29, 0.717) is 24.9 Å². The lowest BCUT2D eigenvalue weighted by Crippen LogP contribution is -2.45. The molecule has 0 amide bonds. The van der Waals surface area contributed by atoms with Gasteiger partial charge in [0.1, 0.15) is 11.4 Å². The van der Waals surface area contributed by atoms with Crippen LogP contribution in [0, 0.1) is 6.92 Å². The molecule has 194 valence electrons. The molecule has 1 aliphatic rings. The summed E-state index contributed by atoms with van der Waals surface area (Å²) in [7, 11) is -2.07. The van der Waals surface area contributed by atoms with Gasteiger partial charge < -0.3 is 19.2 Å². The van der Waals surface area contributed by atoms with Gasteiger partial charge in [-0.25, -0.2) is 14.6 Å². The third kappa shape index (κ3) is 5.86. The van der Waals surface area contributed by atoms with Crippen LogP contribution in [-0.4, -0.2) is 66.1 Å². The van der Waals surface area contributed by atoms with Gasteiger partial charge in [-0.2, -0.15) is 5.10 Å². The van der Waals surface area contributed by atoms with Gasteiger partial charge in [0.25, 0.3) is 0 Å². The number of nitrogens with zero attached hydrogens (tertiary/aromatic N) is 5. The molecule has 8 nitrogen and oxygen atoms in total. The fourth-order valence-electron chi connectivity index (χ4n) is 3.75. The summed E-state index contributed by atoms with van der Waals surface area (Å²) >= 11 is 0. The number of morpholine rings is 1. The van der Waals surface area contributed by atoms with Gasteiger partial charge in [-0.15, -0.1) is 0 Å². The molecule has 0 bridgehead atoms. The number of hydrogen-bond acceptors (Lipinski definition) is 7. The van der Waals surface area contributed by atoms with Crippen molar-refractivity contribution in [2.24, 2.45) is 0 Å². The lowest BCUT2D eigenvalue weighted by molar-refractivity contribution is -0.00489. The van der Waals surface area contributed by atoms with E-state index in [4.69, 9.17) is 24.2 Å². The highest BCUT2D eigenvalue weighted by Gasteiger charge is 2.40. The molecule has 0 saturated carbocycles. The molecule has 3 aromatic rings. The van der Waals surface area contributed by atoms with Crippen molar-refractivity contribution in [3.63, 3.8) is 0 Å².